The van der Waals surface area contributed by atoms with Gasteiger partial charge < -0.3 is 4.98 Å². The summed E-state index contributed by atoms with van der Waals surface area (Å²) in [5.41, 5.74) is 0.927. The van der Waals surface area contributed by atoms with Gasteiger partial charge in [-0.3, -0.25) is 0 Å². The molecule has 0 aliphatic carbocycles. The third-order valence-electron chi connectivity index (χ3n) is 3.21. The Morgan fingerprint density at radius 3 is 2.71 bits per heavy atom. The van der Waals surface area contributed by atoms with Crippen LogP contribution in [0.2, 0.25) is 0 Å². The summed E-state index contributed by atoms with van der Waals surface area (Å²) in [6, 6.07) is 0. The van der Waals surface area contributed by atoms with E-state index >= 15 is 0 Å². The van der Waals surface area contributed by atoms with E-state index in [2.05, 4.69) is 9.97 Å². The molecule has 14 heavy (non-hydrogen) atoms. The molecule has 1 atom stereocenters. The van der Waals surface area contributed by atoms with Crippen LogP contribution in [0.1, 0.15) is 31.9 Å². The fourth-order valence-corrected chi connectivity index (χ4v) is 3.84. The van der Waals surface area contributed by atoms with Crippen LogP contribution in [0.3, 0.4) is 0 Å². The topological polar surface area (TPSA) is 62.8 Å². The van der Waals surface area contributed by atoms with Crippen molar-refractivity contribution in [2.24, 2.45) is 0 Å². The van der Waals surface area contributed by atoms with Crippen molar-refractivity contribution >= 4 is 9.84 Å². The van der Waals surface area contributed by atoms with Crippen LogP contribution in [0.15, 0.2) is 12.5 Å². The van der Waals surface area contributed by atoms with Crippen molar-refractivity contribution in [1.29, 1.82) is 0 Å². The second kappa shape index (κ2) is 2.82. The van der Waals surface area contributed by atoms with Crippen LogP contribution in [0.4, 0.5) is 0 Å². The third-order valence-corrected chi connectivity index (χ3v) is 5.87. The number of sulfone groups is 1. The van der Waals surface area contributed by atoms with E-state index in [1.807, 2.05) is 0 Å². The Morgan fingerprint density at radius 2 is 2.29 bits per heavy atom. The zero-order valence-electron chi connectivity index (χ0n) is 8.32. The van der Waals surface area contributed by atoms with Gasteiger partial charge in [-0.1, -0.05) is 0 Å². The van der Waals surface area contributed by atoms with Crippen molar-refractivity contribution < 1.29 is 8.42 Å². The zero-order chi connectivity index (χ0) is 10.4. The quantitative estimate of drug-likeness (QED) is 0.761. The lowest BCUT2D eigenvalue weighted by molar-refractivity contribution is 0.512. The fraction of sp³-hybridized carbons (Fsp3) is 0.667. The number of rotatable bonds is 1. The summed E-state index contributed by atoms with van der Waals surface area (Å²) in [4.78, 5) is 6.93. The van der Waals surface area contributed by atoms with Crippen LogP contribution in [0, 0.1) is 0 Å². The monoisotopic (exact) mass is 214 g/mol. The predicted molar refractivity (Wildman–Crippen MR) is 53.8 cm³/mol. The highest BCUT2D eigenvalue weighted by atomic mass is 32.2. The molecule has 0 aromatic carbocycles. The van der Waals surface area contributed by atoms with Gasteiger partial charge >= 0.3 is 0 Å². The summed E-state index contributed by atoms with van der Waals surface area (Å²) in [7, 11) is -2.95. The summed E-state index contributed by atoms with van der Waals surface area (Å²) in [5, 5.41) is 0. The lowest BCUT2D eigenvalue weighted by atomic mass is 9.90. The number of nitrogens with one attached hydrogen (secondary N) is 1. The second-order valence-corrected chi connectivity index (χ2v) is 6.96. The van der Waals surface area contributed by atoms with Gasteiger partial charge in [0.2, 0.25) is 0 Å². The largest absolute Gasteiger partial charge is 0.348 e. The maximum absolute atomic E-state index is 11.8. The molecule has 4 nitrogen and oxygen atoms in total. The van der Waals surface area contributed by atoms with E-state index in [1.165, 1.54) is 0 Å². The standard InChI is InChI=1S/C9H14N2O2S/c1-9(2)7(3-4-14(9,12)13)8-5-10-6-11-8/h5-7H,3-4H2,1-2H3,(H,10,11). The number of hydrogen-bond donors (Lipinski definition) is 1. The van der Waals surface area contributed by atoms with Gasteiger partial charge in [0.05, 0.1) is 16.8 Å². The van der Waals surface area contributed by atoms with E-state index in [0.717, 1.165) is 5.69 Å². The molecule has 1 fully saturated rings. The highest BCUT2D eigenvalue weighted by molar-refractivity contribution is 7.93. The maximum atomic E-state index is 11.8. The van der Waals surface area contributed by atoms with Gasteiger partial charge in [0, 0.05) is 17.8 Å². The van der Waals surface area contributed by atoms with Crippen molar-refractivity contribution in [3.05, 3.63) is 18.2 Å². The number of imidazole rings is 1. The number of aromatic amines is 1. The van der Waals surface area contributed by atoms with Crippen molar-refractivity contribution in [2.75, 3.05) is 5.75 Å². The van der Waals surface area contributed by atoms with Crippen LogP contribution in [-0.2, 0) is 9.84 Å². The molecule has 0 bridgehead atoms. The van der Waals surface area contributed by atoms with Crippen LogP contribution in [0.25, 0.3) is 0 Å². The molecule has 0 saturated carbocycles. The van der Waals surface area contributed by atoms with Gasteiger partial charge in [-0.15, -0.1) is 0 Å². The average Bonchev–Trinajstić information content (AvgIpc) is 2.61. The summed E-state index contributed by atoms with van der Waals surface area (Å²) >= 11 is 0. The maximum Gasteiger partial charge on any atom is 0.156 e. The number of H-pyrrole nitrogens is 1. The molecule has 5 heteroatoms. The third kappa shape index (κ3) is 1.19. The Bertz CT molecular complexity index is 420. The lowest BCUT2D eigenvalue weighted by Gasteiger charge is -2.24. The summed E-state index contributed by atoms with van der Waals surface area (Å²) in [6.07, 6.45) is 4.00. The van der Waals surface area contributed by atoms with Crippen LogP contribution in [0.5, 0.6) is 0 Å². The molecule has 1 aliphatic heterocycles. The molecule has 0 radical (unpaired) electrons. The van der Waals surface area contributed by atoms with E-state index in [4.69, 9.17) is 0 Å². The Labute approximate surface area is 83.7 Å². The molecule has 0 amide bonds. The molecule has 1 unspecified atom stereocenters. The minimum atomic E-state index is -2.95. The minimum absolute atomic E-state index is 0.0509. The normalized spacial score (nSPS) is 29.1. The smallest absolute Gasteiger partial charge is 0.156 e. The first-order chi connectivity index (χ1) is 6.45. The lowest BCUT2D eigenvalue weighted by Crippen LogP contribution is -2.32. The average molecular weight is 214 g/mol. The number of nitrogens with zero attached hydrogens (tertiary/aromatic N) is 1. The van der Waals surface area contributed by atoms with Crippen LogP contribution < -0.4 is 0 Å². The molecule has 1 N–H and O–H groups in total. The zero-order valence-corrected chi connectivity index (χ0v) is 9.13. The molecule has 1 aromatic heterocycles. The predicted octanol–water partition coefficient (Wildman–Crippen LogP) is 1.09. The van der Waals surface area contributed by atoms with E-state index in [9.17, 15) is 8.42 Å². The summed E-state index contributed by atoms with van der Waals surface area (Å²) in [6.45, 7) is 3.58. The molecular weight excluding hydrogens is 200 g/mol. The molecule has 78 valence electrons. The van der Waals surface area contributed by atoms with Crippen molar-refractivity contribution in [3.8, 4) is 0 Å². The van der Waals surface area contributed by atoms with Crippen molar-refractivity contribution in [1.82, 2.24) is 9.97 Å². The Kier molecular flexibility index (Phi) is 1.96. The van der Waals surface area contributed by atoms with Gasteiger partial charge in [-0.25, -0.2) is 13.4 Å². The Hall–Kier alpha value is -0.840. The minimum Gasteiger partial charge on any atom is -0.348 e. The first-order valence-corrected chi connectivity index (χ1v) is 6.31. The molecule has 0 spiro atoms. The van der Waals surface area contributed by atoms with E-state index < -0.39 is 14.6 Å². The summed E-state index contributed by atoms with van der Waals surface area (Å²) < 4.78 is 22.8. The van der Waals surface area contributed by atoms with E-state index in [1.54, 1.807) is 26.4 Å². The number of hydrogen-bond acceptors (Lipinski definition) is 3. The van der Waals surface area contributed by atoms with Crippen molar-refractivity contribution in [3.63, 3.8) is 0 Å². The summed E-state index contributed by atoms with van der Waals surface area (Å²) in [5.74, 6) is 0.332. The molecule has 2 rings (SSSR count). The highest BCUT2D eigenvalue weighted by Gasteiger charge is 2.48. The number of aromatic nitrogens is 2. The van der Waals surface area contributed by atoms with Crippen LogP contribution in [-0.4, -0.2) is 28.9 Å². The van der Waals surface area contributed by atoms with Crippen LogP contribution >= 0.6 is 0 Å². The second-order valence-electron chi connectivity index (χ2n) is 4.27. The van der Waals surface area contributed by atoms with Crippen molar-refractivity contribution in [2.45, 2.75) is 30.9 Å². The Balaban J connectivity index is 2.43. The fourth-order valence-electron chi connectivity index (χ4n) is 2.09. The SMILES string of the molecule is CC1(C)C(c2cnc[nH]2)CCS1(=O)=O. The first kappa shape index (κ1) is 9.71. The molecule has 1 aromatic rings. The Morgan fingerprint density at radius 1 is 1.57 bits per heavy atom. The first-order valence-electron chi connectivity index (χ1n) is 4.66. The van der Waals surface area contributed by atoms with Gasteiger partial charge in [0.25, 0.3) is 0 Å². The molecule has 1 aliphatic rings. The molecule has 1 saturated heterocycles. The van der Waals surface area contributed by atoms with Gasteiger partial charge in [-0.05, 0) is 20.3 Å². The highest BCUT2D eigenvalue weighted by Crippen LogP contribution is 2.42. The van der Waals surface area contributed by atoms with Gasteiger partial charge in [0.15, 0.2) is 9.84 Å². The van der Waals surface area contributed by atoms with E-state index in [0.29, 0.717) is 6.42 Å². The molecule has 2 heterocycles. The van der Waals surface area contributed by atoms with E-state index in [-0.39, 0.29) is 11.7 Å². The van der Waals surface area contributed by atoms with Gasteiger partial charge in [-0.2, -0.15) is 0 Å². The molecular formula is C9H14N2O2S. The van der Waals surface area contributed by atoms with Gasteiger partial charge in [0.1, 0.15) is 0 Å².